The van der Waals surface area contributed by atoms with E-state index >= 15 is 0 Å². The smallest absolute Gasteiger partial charge is 0.0682 e. The minimum atomic E-state index is -0.347. The summed E-state index contributed by atoms with van der Waals surface area (Å²) in [6.45, 7) is 5.45. The molecule has 0 amide bonds. The summed E-state index contributed by atoms with van der Waals surface area (Å²) >= 11 is 0. The van der Waals surface area contributed by atoms with E-state index in [0.29, 0.717) is 12.6 Å². The predicted octanol–water partition coefficient (Wildman–Crippen LogP) is -0.248. The van der Waals surface area contributed by atoms with Gasteiger partial charge in [-0.05, 0) is 34.4 Å². The van der Waals surface area contributed by atoms with Crippen LogP contribution in [-0.4, -0.2) is 71.5 Å². The molecule has 1 aliphatic heterocycles. The van der Waals surface area contributed by atoms with Crippen molar-refractivity contribution in [2.24, 2.45) is 0 Å². The van der Waals surface area contributed by atoms with Gasteiger partial charge in [-0.2, -0.15) is 0 Å². The number of likely N-dealkylation sites (N-methyl/N-ethyl adjacent to an activating group) is 1. The number of aliphatic hydroxyl groups is 2. The van der Waals surface area contributed by atoms with Gasteiger partial charge in [0.1, 0.15) is 0 Å². The number of hydrogen-bond donors (Lipinski definition) is 2. The average molecular weight is 216 g/mol. The highest BCUT2D eigenvalue weighted by Gasteiger charge is 2.35. The third-order valence-corrected chi connectivity index (χ3v) is 3.23. The summed E-state index contributed by atoms with van der Waals surface area (Å²) < 4.78 is 0. The van der Waals surface area contributed by atoms with Gasteiger partial charge in [-0.15, -0.1) is 0 Å². The Kier molecular flexibility index (Phi) is 4.52. The zero-order chi connectivity index (χ0) is 11.6. The van der Waals surface area contributed by atoms with Crippen LogP contribution in [0.1, 0.15) is 20.3 Å². The second-order valence-electron chi connectivity index (χ2n) is 4.98. The van der Waals surface area contributed by atoms with Crippen LogP contribution in [0, 0.1) is 0 Å². The molecule has 4 atom stereocenters. The van der Waals surface area contributed by atoms with Gasteiger partial charge in [-0.1, -0.05) is 0 Å². The first-order chi connectivity index (χ1) is 6.91. The molecule has 0 saturated carbocycles. The van der Waals surface area contributed by atoms with Crippen LogP contribution >= 0.6 is 0 Å². The Morgan fingerprint density at radius 2 is 2.00 bits per heavy atom. The van der Waals surface area contributed by atoms with Crippen LogP contribution in [0.3, 0.4) is 0 Å². The number of likely N-dealkylation sites (tertiary alicyclic amines) is 1. The highest BCUT2D eigenvalue weighted by atomic mass is 16.3. The first-order valence-corrected chi connectivity index (χ1v) is 5.68. The van der Waals surface area contributed by atoms with Crippen LogP contribution in [0.15, 0.2) is 0 Å². The molecule has 2 N–H and O–H groups in total. The summed E-state index contributed by atoms with van der Waals surface area (Å²) in [5.41, 5.74) is 0. The molecule has 1 rings (SSSR count). The van der Waals surface area contributed by atoms with E-state index in [2.05, 4.69) is 9.80 Å². The molecular weight excluding hydrogens is 192 g/mol. The van der Waals surface area contributed by atoms with Gasteiger partial charge >= 0.3 is 0 Å². The van der Waals surface area contributed by atoms with Gasteiger partial charge in [0, 0.05) is 25.2 Å². The van der Waals surface area contributed by atoms with Crippen molar-refractivity contribution in [2.45, 2.75) is 44.6 Å². The molecule has 0 spiro atoms. The normalized spacial score (nSPS) is 32.2. The summed E-state index contributed by atoms with van der Waals surface area (Å²) in [5, 5.41) is 19.3. The van der Waals surface area contributed by atoms with E-state index in [0.717, 1.165) is 13.0 Å². The third kappa shape index (κ3) is 3.41. The minimum absolute atomic E-state index is 0.118. The van der Waals surface area contributed by atoms with E-state index in [1.165, 1.54) is 0 Å². The molecule has 1 fully saturated rings. The van der Waals surface area contributed by atoms with Crippen LogP contribution in [0.5, 0.6) is 0 Å². The third-order valence-electron chi connectivity index (χ3n) is 3.23. The summed E-state index contributed by atoms with van der Waals surface area (Å²) in [6.07, 6.45) is 0.228. The van der Waals surface area contributed by atoms with Gasteiger partial charge in [-0.25, -0.2) is 0 Å². The second-order valence-corrected chi connectivity index (χ2v) is 4.98. The molecule has 4 nitrogen and oxygen atoms in total. The fraction of sp³-hybridized carbons (Fsp3) is 1.00. The van der Waals surface area contributed by atoms with Crippen LogP contribution in [0.2, 0.25) is 0 Å². The fourth-order valence-corrected chi connectivity index (χ4v) is 2.29. The van der Waals surface area contributed by atoms with E-state index in [-0.39, 0.29) is 18.2 Å². The molecule has 4 unspecified atom stereocenters. The van der Waals surface area contributed by atoms with Crippen molar-refractivity contribution >= 4 is 0 Å². The maximum atomic E-state index is 9.67. The maximum absolute atomic E-state index is 9.67. The van der Waals surface area contributed by atoms with Gasteiger partial charge in [0.05, 0.1) is 12.2 Å². The number of rotatable bonds is 4. The summed E-state index contributed by atoms with van der Waals surface area (Å²) in [4.78, 5) is 4.35. The Morgan fingerprint density at radius 3 is 2.47 bits per heavy atom. The van der Waals surface area contributed by atoms with Crippen LogP contribution in [0.25, 0.3) is 0 Å². The maximum Gasteiger partial charge on any atom is 0.0682 e. The molecule has 1 saturated heterocycles. The highest BCUT2D eigenvalue weighted by Crippen LogP contribution is 2.22. The molecule has 0 aromatic heterocycles. The van der Waals surface area contributed by atoms with Gasteiger partial charge in [0.15, 0.2) is 0 Å². The Bertz CT molecular complexity index is 197. The Labute approximate surface area is 92.5 Å². The molecule has 15 heavy (non-hydrogen) atoms. The fourth-order valence-electron chi connectivity index (χ4n) is 2.29. The quantitative estimate of drug-likeness (QED) is 0.680. The average Bonchev–Trinajstić information content (AvgIpc) is 2.44. The Hall–Kier alpha value is -0.160. The Morgan fingerprint density at radius 1 is 1.40 bits per heavy atom. The van der Waals surface area contributed by atoms with E-state index in [1.807, 2.05) is 27.9 Å². The van der Waals surface area contributed by atoms with Gasteiger partial charge < -0.3 is 15.1 Å². The molecular formula is C11H24N2O2. The van der Waals surface area contributed by atoms with E-state index in [1.54, 1.807) is 0 Å². The molecule has 0 aromatic rings. The van der Waals surface area contributed by atoms with Crippen molar-refractivity contribution in [3.05, 3.63) is 0 Å². The first-order valence-electron chi connectivity index (χ1n) is 5.68. The summed E-state index contributed by atoms with van der Waals surface area (Å²) in [7, 11) is 4.08. The van der Waals surface area contributed by atoms with Crippen LogP contribution in [-0.2, 0) is 0 Å². The zero-order valence-corrected chi connectivity index (χ0v) is 10.2. The largest absolute Gasteiger partial charge is 0.392 e. The number of nitrogens with zero attached hydrogens (tertiary/aromatic N) is 2. The molecule has 0 aliphatic carbocycles. The van der Waals surface area contributed by atoms with E-state index < -0.39 is 0 Å². The van der Waals surface area contributed by atoms with Crippen molar-refractivity contribution in [2.75, 3.05) is 27.2 Å². The first kappa shape index (κ1) is 12.9. The van der Waals surface area contributed by atoms with Crippen molar-refractivity contribution in [3.63, 3.8) is 0 Å². The molecule has 90 valence electrons. The van der Waals surface area contributed by atoms with Crippen molar-refractivity contribution in [3.8, 4) is 0 Å². The van der Waals surface area contributed by atoms with Crippen molar-refractivity contribution < 1.29 is 10.2 Å². The predicted molar refractivity (Wildman–Crippen MR) is 60.8 cm³/mol. The van der Waals surface area contributed by atoms with Gasteiger partial charge in [0.2, 0.25) is 0 Å². The standard InChI is InChI=1S/C11H24N2O2/c1-8(9(2)14)13-7-11(15)5-10(13)6-12(3)4/h8-11,14-15H,5-7H2,1-4H3. The molecule has 0 aromatic carbocycles. The zero-order valence-electron chi connectivity index (χ0n) is 10.2. The molecule has 4 heteroatoms. The van der Waals surface area contributed by atoms with Crippen LogP contribution in [0.4, 0.5) is 0 Å². The van der Waals surface area contributed by atoms with Crippen molar-refractivity contribution in [1.82, 2.24) is 9.80 Å². The SMILES string of the molecule is CC(O)C(C)N1CC(O)CC1CN(C)C. The molecule has 0 bridgehead atoms. The number of aliphatic hydroxyl groups excluding tert-OH is 2. The van der Waals surface area contributed by atoms with Gasteiger partial charge in [0.25, 0.3) is 0 Å². The van der Waals surface area contributed by atoms with E-state index in [9.17, 15) is 10.2 Å². The lowest BCUT2D eigenvalue weighted by Gasteiger charge is -2.33. The molecule has 1 heterocycles. The van der Waals surface area contributed by atoms with Crippen LogP contribution < -0.4 is 0 Å². The molecule has 0 radical (unpaired) electrons. The highest BCUT2D eigenvalue weighted by molar-refractivity contribution is 4.90. The topological polar surface area (TPSA) is 46.9 Å². The summed E-state index contributed by atoms with van der Waals surface area (Å²) in [6, 6.07) is 0.478. The monoisotopic (exact) mass is 216 g/mol. The van der Waals surface area contributed by atoms with E-state index in [4.69, 9.17) is 0 Å². The Balaban J connectivity index is 2.60. The number of hydrogen-bond acceptors (Lipinski definition) is 4. The minimum Gasteiger partial charge on any atom is -0.392 e. The summed E-state index contributed by atoms with van der Waals surface area (Å²) in [5.74, 6) is 0. The molecule has 1 aliphatic rings. The lowest BCUT2D eigenvalue weighted by Crippen LogP contribution is -2.46. The number of β-amino-alcohol motifs (C(OH)–C–C–N with tert-alkyl or cyclic N) is 1. The lowest BCUT2D eigenvalue weighted by atomic mass is 10.1. The lowest BCUT2D eigenvalue weighted by molar-refractivity contribution is 0.0513. The van der Waals surface area contributed by atoms with Gasteiger partial charge in [-0.3, -0.25) is 4.90 Å². The van der Waals surface area contributed by atoms with Crippen molar-refractivity contribution in [1.29, 1.82) is 0 Å². The second kappa shape index (κ2) is 5.25.